The summed E-state index contributed by atoms with van der Waals surface area (Å²) >= 11 is 7.03. The lowest BCUT2D eigenvalue weighted by Crippen LogP contribution is -2.36. The molecule has 0 aromatic heterocycles. The number of carbonyl (C=O) groups is 1. The Hall–Kier alpha value is -0.950. The van der Waals surface area contributed by atoms with Gasteiger partial charge in [-0.25, -0.2) is 0 Å². The van der Waals surface area contributed by atoms with Crippen molar-refractivity contribution in [3.05, 3.63) is 35.4 Å². The van der Waals surface area contributed by atoms with Crippen molar-refractivity contribution >= 4 is 34.2 Å². The van der Waals surface area contributed by atoms with Crippen molar-refractivity contribution in [2.24, 2.45) is 0 Å². The Balaban J connectivity index is 0.00000176. The molecule has 3 N–H and O–H groups in total. The average Bonchev–Trinajstić information content (AvgIpc) is 2.93. The van der Waals surface area contributed by atoms with Gasteiger partial charge in [0.05, 0.1) is 18.6 Å². The zero-order valence-corrected chi connectivity index (χ0v) is 14.1. The van der Waals surface area contributed by atoms with Gasteiger partial charge in [-0.1, -0.05) is 61.6 Å². The van der Waals surface area contributed by atoms with Gasteiger partial charge in [0.15, 0.2) is 0 Å². The summed E-state index contributed by atoms with van der Waals surface area (Å²) in [5.41, 5.74) is 2.53. The van der Waals surface area contributed by atoms with E-state index >= 15 is 0 Å². The Labute approximate surface area is 140 Å². The molecule has 4 nitrogen and oxygen atoms in total. The lowest BCUT2D eigenvalue weighted by Gasteiger charge is -2.25. The molecule has 1 aromatic rings. The molecule has 1 heterocycles. The Morgan fingerprint density at radius 3 is 2.95 bits per heavy atom. The van der Waals surface area contributed by atoms with Crippen molar-refractivity contribution in [3.8, 4) is 0 Å². The molecule has 22 heavy (non-hydrogen) atoms. The van der Waals surface area contributed by atoms with Gasteiger partial charge in [-0.2, -0.15) is 0 Å². The van der Waals surface area contributed by atoms with Gasteiger partial charge in [0, 0.05) is 5.25 Å². The van der Waals surface area contributed by atoms with Crippen LogP contribution in [0.3, 0.4) is 0 Å². The number of nitrogens with zero attached hydrogens (tertiary/aromatic N) is 1. The molecule has 120 valence electrons. The van der Waals surface area contributed by atoms with Crippen LogP contribution in [-0.4, -0.2) is 37.1 Å². The number of hydrogen-bond donors (Lipinski definition) is 1. The summed E-state index contributed by atoms with van der Waals surface area (Å²) in [6.45, 7) is 2.01. The van der Waals surface area contributed by atoms with Crippen LogP contribution in [0.2, 0.25) is 0 Å². The third-order valence-corrected chi connectivity index (χ3v) is 5.79. The number of thioether (sulfide) groups is 1. The number of fused-ring (bicyclic) bond motifs is 3. The number of aliphatic hydroxyl groups excluding tert-OH is 1. The molecular formula is C16H21NO3S2. The second-order valence-corrected chi connectivity index (χ2v) is 7.55. The lowest BCUT2D eigenvalue weighted by molar-refractivity contribution is -0.130. The van der Waals surface area contributed by atoms with Gasteiger partial charge in [0.2, 0.25) is 5.91 Å². The second kappa shape index (κ2) is 7.08. The van der Waals surface area contributed by atoms with E-state index in [-0.39, 0.29) is 23.8 Å². The number of amides is 1. The SMILES string of the molecule is CCC[C@H](O)CC(=O)N1C(=S)S[C@@H]2Cc3ccccc3[C@@H]21.O. The Morgan fingerprint density at radius 2 is 2.23 bits per heavy atom. The van der Waals surface area contributed by atoms with Crippen LogP contribution < -0.4 is 0 Å². The minimum Gasteiger partial charge on any atom is -0.412 e. The highest BCUT2D eigenvalue weighted by Crippen LogP contribution is 2.49. The van der Waals surface area contributed by atoms with Crippen LogP contribution in [0, 0.1) is 0 Å². The topological polar surface area (TPSA) is 72.0 Å². The van der Waals surface area contributed by atoms with E-state index in [4.69, 9.17) is 12.2 Å². The summed E-state index contributed by atoms with van der Waals surface area (Å²) in [7, 11) is 0. The standard InChI is InChI=1S/C16H19NO2S2.H2O/c1-2-5-11(18)9-14(19)17-15-12-7-4-3-6-10(12)8-13(15)21-16(17)20;/h3-4,6-7,11,13,15,18H,2,5,8-9H2,1H3;1H2/t11-,13+,15-;/m0./s1. The molecule has 0 bridgehead atoms. The zero-order chi connectivity index (χ0) is 15.0. The fraction of sp³-hybridized carbons (Fsp3) is 0.500. The van der Waals surface area contributed by atoms with E-state index in [1.54, 1.807) is 16.7 Å². The molecule has 0 unspecified atom stereocenters. The van der Waals surface area contributed by atoms with Gasteiger partial charge >= 0.3 is 0 Å². The predicted octanol–water partition coefficient (Wildman–Crippen LogP) is 2.24. The zero-order valence-electron chi connectivity index (χ0n) is 12.5. The number of thiocarbonyl (C=S) groups is 1. The molecule has 1 aromatic carbocycles. The molecule has 1 aliphatic heterocycles. The first-order valence-corrected chi connectivity index (χ1v) is 8.69. The average molecular weight is 339 g/mol. The van der Waals surface area contributed by atoms with Gasteiger partial charge < -0.3 is 10.6 Å². The maximum Gasteiger partial charge on any atom is 0.231 e. The molecule has 0 radical (unpaired) electrons. The second-order valence-electron chi connectivity index (χ2n) is 5.68. The van der Waals surface area contributed by atoms with E-state index in [9.17, 15) is 9.90 Å². The van der Waals surface area contributed by atoms with E-state index in [2.05, 4.69) is 12.1 Å². The Kier molecular flexibility index (Phi) is 5.60. The van der Waals surface area contributed by atoms with Crippen molar-refractivity contribution in [2.75, 3.05) is 0 Å². The molecule has 6 heteroatoms. The largest absolute Gasteiger partial charge is 0.412 e. The number of aliphatic hydroxyl groups is 1. The van der Waals surface area contributed by atoms with E-state index in [0.29, 0.717) is 16.0 Å². The lowest BCUT2D eigenvalue weighted by atomic mass is 10.1. The maximum absolute atomic E-state index is 12.6. The summed E-state index contributed by atoms with van der Waals surface area (Å²) in [6, 6.07) is 8.34. The van der Waals surface area contributed by atoms with Crippen molar-refractivity contribution in [3.63, 3.8) is 0 Å². The number of carbonyl (C=O) groups excluding carboxylic acids is 1. The van der Waals surface area contributed by atoms with Gasteiger partial charge in [-0.15, -0.1) is 0 Å². The number of rotatable bonds is 4. The van der Waals surface area contributed by atoms with Crippen molar-refractivity contribution in [2.45, 2.75) is 50.0 Å². The first kappa shape index (κ1) is 17.4. The van der Waals surface area contributed by atoms with Crippen LogP contribution in [-0.2, 0) is 11.2 Å². The van der Waals surface area contributed by atoms with Gasteiger partial charge in [0.25, 0.3) is 0 Å². The molecule has 1 saturated heterocycles. The van der Waals surface area contributed by atoms with Gasteiger partial charge in [-0.3, -0.25) is 9.69 Å². The highest BCUT2D eigenvalue weighted by molar-refractivity contribution is 8.23. The molecule has 1 amide bonds. The fourth-order valence-electron chi connectivity index (χ4n) is 3.24. The van der Waals surface area contributed by atoms with E-state index in [0.717, 1.165) is 12.8 Å². The molecule has 2 aliphatic rings. The van der Waals surface area contributed by atoms with Gasteiger partial charge in [0.1, 0.15) is 4.32 Å². The van der Waals surface area contributed by atoms with Crippen molar-refractivity contribution < 1.29 is 15.4 Å². The van der Waals surface area contributed by atoms with Crippen LogP contribution in [0.15, 0.2) is 24.3 Å². The first-order valence-electron chi connectivity index (χ1n) is 7.40. The van der Waals surface area contributed by atoms with Crippen LogP contribution in [0.1, 0.15) is 43.4 Å². The van der Waals surface area contributed by atoms with Crippen molar-refractivity contribution in [1.82, 2.24) is 4.90 Å². The molecule has 0 saturated carbocycles. The molecule has 1 fully saturated rings. The molecule has 3 atom stereocenters. The summed E-state index contributed by atoms with van der Waals surface area (Å²) in [5.74, 6) is -0.0438. The Morgan fingerprint density at radius 1 is 1.50 bits per heavy atom. The minimum absolute atomic E-state index is 0. The van der Waals surface area contributed by atoms with Gasteiger partial charge in [-0.05, 0) is 24.0 Å². The summed E-state index contributed by atoms with van der Waals surface area (Å²) in [4.78, 5) is 14.3. The number of hydrogen-bond acceptors (Lipinski definition) is 4. The predicted molar refractivity (Wildman–Crippen MR) is 92.9 cm³/mol. The molecule has 3 rings (SSSR count). The molecule has 1 aliphatic carbocycles. The van der Waals surface area contributed by atoms with Crippen LogP contribution in [0.25, 0.3) is 0 Å². The summed E-state index contributed by atoms with van der Waals surface area (Å²) in [6.07, 6.45) is 2.10. The normalized spacial score (nSPS) is 23.7. The van der Waals surface area contributed by atoms with Crippen LogP contribution in [0.4, 0.5) is 0 Å². The third-order valence-electron chi connectivity index (χ3n) is 4.17. The third kappa shape index (κ3) is 3.06. The smallest absolute Gasteiger partial charge is 0.231 e. The summed E-state index contributed by atoms with van der Waals surface area (Å²) < 4.78 is 0.660. The molecular weight excluding hydrogens is 318 g/mol. The van der Waals surface area contributed by atoms with E-state index in [1.807, 2.05) is 19.1 Å². The van der Waals surface area contributed by atoms with Crippen molar-refractivity contribution in [1.29, 1.82) is 0 Å². The maximum atomic E-state index is 12.6. The number of benzene rings is 1. The van der Waals surface area contributed by atoms with E-state index in [1.165, 1.54) is 11.1 Å². The van der Waals surface area contributed by atoms with Crippen LogP contribution >= 0.6 is 24.0 Å². The van der Waals surface area contributed by atoms with Crippen LogP contribution in [0.5, 0.6) is 0 Å². The quantitative estimate of drug-likeness (QED) is 0.854. The highest BCUT2D eigenvalue weighted by atomic mass is 32.2. The minimum atomic E-state index is -0.564. The van der Waals surface area contributed by atoms with E-state index < -0.39 is 6.10 Å². The molecule has 0 spiro atoms. The monoisotopic (exact) mass is 339 g/mol. The Bertz CT molecular complexity index is 578. The highest BCUT2D eigenvalue weighted by Gasteiger charge is 2.47. The fourth-order valence-corrected chi connectivity index (χ4v) is 5.07. The summed E-state index contributed by atoms with van der Waals surface area (Å²) in [5, 5.41) is 10.2. The first-order chi connectivity index (χ1) is 10.1.